The van der Waals surface area contributed by atoms with Crippen molar-refractivity contribution < 1.29 is 14.7 Å². The summed E-state index contributed by atoms with van der Waals surface area (Å²) < 4.78 is 0. The van der Waals surface area contributed by atoms with Gasteiger partial charge in [0.2, 0.25) is 0 Å². The lowest BCUT2D eigenvalue weighted by atomic mass is 10.1. The average Bonchev–Trinajstić information content (AvgIpc) is 3.50. The van der Waals surface area contributed by atoms with Crippen LogP contribution in [-0.2, 0) is 13.1 Å². The van der Waals surface area contributed by atoms with Gasteiger partial charge in [0, 0.05) is 19.1 Å². The Morgan fingerprint density at radius 1 is 1.08 bits per heavy atom. The molecule has 1 aliphatic carbocycles. The second-order valence-electron chi connectivity index (χ2n) is 6.33. The third-order valence-electron chi connectivity index (χ3n) is 4.33. The Bertz CT molecular complexity index is 834. The summed E-state index contributed by atoms with van der Waals surface area (Å²) in [7, 11) is 0. The number of aromatic carboxylic acids is 1. The molecule has 0 heterocycles. The Hall–Kier alpha value is -3.33. The number of carbonyl (C=O) groups excluding carboxylic acids is 1. The number of carboxylic acids is 1. The fraction of sp³-hybridized carbons (Fsp3) is 0.250. The van der Waals surface area contributed by atoms with E-state index < -0.39 is 5.97 Å². The highest BCUT2D eigenvalue weighted by Crippen LogP contribution is 2.28. The zero-order valence-electron chi connectivity index (χ0n) is 14.2. The molecule has 132 valence electrons. The van der Waals surface area contributed by atoms with Gasteiger partial charge in [0.15, 0.2) is 0 Å². The Labute approximate surface area is 151 Å². The largest absolute Gasteiger partial charge is 0.478 e. The maximum absolute atomic E-state index is 12.6. The average molecular weight is 349 g/mol. The van der Waals surface area contributed by atoms with Gasteiger partial charge in [-0.05, 0) is 48.2 Å². The van der Waals surface area contributed by atoms with Crippen molar-refractivity contribution in [1.82, 2.24) is 10.2 Å². The van der Waals surface area contributed by atoms with E-state index in [2.05, 4.69) is 11.4 Å². The number of nitrogens with zero attached hydrogens (tertiary/aromatic N) is 2. The quantitative estimate of drug-likeness (QED) is 0.838. The van der Waals surface area contributed by atoms with Crippen molar-refractivity contribution in [2.75, 3.05) is 0 Å². The van der Waals surface area contributed by atoms with Crippen LogP contribution < -0.4 is 5.32 Å². The molecule has 1 saturated carbocycles. The van der Waals surface area contributed by atoms with Gasteiger partial charge in [0.05, 0.1) is 17.2 Å². The van der Waals surface area contributed by atoms with Crippen LogP contribution in [-0.4, -0.2) is 28.0 Å². The highest BCUT2D eigenvalue weighted by atomic mass is 16.4. The molecule has 2 amide bonds. The third kappa shape index (κ3) is 4.39. The first kappa shape index (κ1) is 17.5. The monoisotopic (exact) mass is 349 g/mol. The molecule has 2 aromatic rings. The van der Waals surface area contributed by atoms with Crippen LogP contribution in [0.1, 0.15) is 39.9 Å². The number of carboxylic acid groups (broad SMARTS) is 1. The van der Waals surface area contributed by atoms with Gasteiger partial charge in [-0.15, -0.1) is 0 Å². The second-order valence-corrected chi connectivity index (χ2v) is 6.33. The molecule has 2 aromatic carbocycles. The summed E-state index contributed by atoms with van der Waals surface area (Å²) >= 11 is 0. The summed E-state index contributed by atoms with van der Waals surface area (Å²) in [4.78, 5) is 25.3. The summed E-state index contributed by atoms with van der Waals surface area (Å²) in [6.07, 6.45) is 1.99. The van der Waals surface area contributed by atoms with Crippen molar-refractivity contribution in [2.45, 2.75) is 32.0 Å². The van der Waals surface area contributed by atoms with Gasteiger partial charge in [-0.1, -0.05) is 24.3 Å². The van der Waals surface area contributed by atoms with E-state index >= 15 is 0 Å². The first-order valence-corrected chi connectivity index (χ1v) is 8.42. The number of nitriles is 1. The van der Waals surface area contributed by atoms with Gasteiger partial charge in [-0.2, -0.15) is 5.26 Å². The molecule has 0 atom stereocenters. The smallest absolute Gasteiger partial charge is 0.335 e. The van der Waals surface area contributed by atoms with Crippen molar-refractivity contribution in [2.24, 2.45) is 0 Å². The first-order chi connectivity index (χ1) is 12.6. The number of hydrogen-bond donors (Lipinski definition) is 2. The number of hydrogen-bond acceptors (Lipinski definition) is 3. The van der Waals surface area contributed by atoms with Crippen LogP contribution >= 0.6 is 0 Å². The Kier molecular flexibility index (Phi) is 5.18. The lowest BCUT2D eigenvalue weighted by Crippen LogP contribution is -2.40. The number of amides is 2. The molecule has 2 N–H and O–H groups in total. The number of carbonyl (C=O) groups is 2. The highest BCUT2D eigenvalue weighted by Gasteiger charge is 2.32. The maximum atomic E-state index is 12.6. The lowest BCUT2D eigenvalue weighted by Gasteiger charge is -2.23. The van der Waals surface area contributed by atoms with E-state index in [1.165, 1.54) is 12.1 Å². The molecule has 0 aromatic heterocycles. The fourth-order valence-electron chi connectivity index (χ4n) is 2.68. The Morgan fingerprint density at radius 2 is 1.69 bits per heavy atom. The number of nitrogens with one attached hydrogen (secondary N) is 1. The molecule has 6 nitrogen and oxygen atoms in total. The molecule has 3 rings (SSSR count). The molecule has 26 heavy (non-hydrogen) atoms. The summed E-state index contributed by atoms with van der Waals surface area (Å²) in [5.41, 5.74) is 2.65. The predicted octanol–water partition coefficient (Wildman–Crippen LogP) is 3.13. The van der Waals surface area contributed by atoms with Crippen LogP contribution in [0.4, 0.5) is 4.79 Å². The minimum absolute atomic E-state index is 0.140. The molecule has 0 aliphatic heterocycles. The maximum Gasteiger partial charge on any atom is 0.335 e. The summed E-state index contributed by atoms with van der Waals surface area (Å²) in [6, 6.07) is 15.9. The number of benzene rings is 2. The molecular formula is C20H19N3O3. The molecular weight excluding hydrogens is 330 g/mol. The molecule has 1 fully saturated rings. The molecule has 0 bridgehead atoms. The minimum atomic E-state index is -0.970. The van der Waals surface area contributed by atoms with Crippen molar-refractivity contribution in [3.8, 4) is 6.07 Å². The molecule has 0 unspecified atom stereocenters. The van der Waals surface area contributed by atoms with Crippen LogP contribution in [0.3, 0.4) is 0 Å². The zero-order valence-corrected chi connectivity index (χ0v) is 14.2. The van der Waals surface area contributed by atoms with Crippen molar-refractivity contribution in [3.05, 3.63) is 70.8 Å². The predicted molar refractivity (Wildman–Crippen MR) is 95.4 cm³/mol. The van der Waals surface area contributed by atoms with E-state index in [9.17, 15) is 9.59 Å². The molecule has 0 spiro atoms. The fourth-order valence-corrected chi connectivity index (χ4v) is 2.68. The molecule has 6 heteroatoms. The van der Waals surface area contributed by atoms with E-state index in [1.807, 2.05) is 17.0 Å². The van der Waals surface area contributed by atoms with Crippen molar-refractivity contribution in [3.63, 3.8) is 0 Å². The van der Waals surface area contributed by atoms with Gasteiger partial charge in [-0.3, -0.25) is 0 Å². The van der Waals surface area contributed by atoms with Crippen molar-refractivity contribution in [1.29, 1.82) is 5.26 Å². The van der Waals surface area contributed by atoms with Crippen molar-refractivity contribution >= 4 is 12.0 Å². The second kappa shape index (κ2) is 7.70. The summed E-state index contributed by atoms with van der Waals surface area (Å²) in [6.45, 7) is 0.843. The summed E-state index contributed by atoms with van der Waals surface area (Å²) in [5.74, 6) is -0.970. The number of rotatable bonds is 6. The zero-order chi connectivity index (χ0) is 18.5. The molecule has 0 radical (unpaired) electrons. The van der Waals surface area contributed by atoms with Gasteiger partial charge in [0.25, 0.3) is 0 Å². The third-order valence-corrected chi connectivity index (χ3v) is 4.33. The van der Waals surface area contributed by atoms with Crippen LogP contribution in [0.5, 0.6) is 0 Å². The first-order valence-electron chi connectivity index (χ1n) is 8.42. The Balaban J connectivity index is 1.60. The molecule has 1 aliphatic rings. The standard InChI is InChI=1S/C20H19N3O3/c21-11-14-1-3-16(4-2-14)13-23(18-9-10-18)20(26)22-12-15-5-7-17(8-6-15)19(24)25/h1-8,18H,9-10,12-13H2,(H,22,26)(H,24,25). The van der Waals surface area contributed by atoms with E-state index in [1.54, 1.807) is 24.3 Å². The SMILES string of the molecule is N#Cc1ccc(CN(C(=O)NCc2ccc(C(=O)O)cc2)C2CC2)cc1. The lowest BCUT2D eigenvalue weighted by molar-refractivity contribution is 0.0697. The van der Waals surface area contributed by atoms with Crippen LogP contribution in [0.2, 0.25) is 0 Å². The van der Waals surface area contributed by atoms with Crippen LogP contribution in [0, 0.1) is 11.3 Å². The highest BCUT2D eigenvalue weighted by molar-refractivity contribution is 5.87. The van der Waals surface area contributed by atoms with Gasteiger partial charge >= 0.3 is 12.0 Å². The van der Waals surface area contributed by atoms with Crippen LogP contribution in [0.25, 0.3) is 0 Å². The van der Waals surface area contributed by atoms with Gasteiger partial charge < -0.3 is 15.3 Å². The van der Waals surface area contributed by atoms with E-state index in [-0.39, 0.29) is 17.6 Å². The normalized spacial score (nSPS) is 12.9. The van der Waals surface area contributed by atoms with Gasteiger partial charge in [0.1, 0.15) is 0 Å². The Morgan fingerprint density at radius 3 is 2.23 bits per heavy atom. The van der Waals surface area contributed by atoms with Crippen LogP contribution in [0.15, 0.2) is 48.5 Å². The van der Waals surface area contributed by atoms with E-state index in [0.717, 1.165) is 24.0 Å². The molecule has 0 saturated heterocycles. The van der Waals surface area contributed by atoms with E-state index in [4.69, 9.17) is 10.4 Å². The topological polar surface area (TPSA) is 93.4 Å². The van der Waals surface area contributed by atoms with E-state index in [0.29, 0.717) is 18.7 Å². The summed E-state index contributed by atoms with van der Waals surface area (Å²) in [5, 5.41) is 20.7. The van der Waals surface area contributed by atoms with Gasteiger partial charge in [-0.25, -0.2) is 9.59 Å². The number of urea groups is 1. The minimum Gasteiger partial charge on any atom is -0.478 e.